The lowest BCUT2D eigenvalue weighted by molar-refractivity contribution is -0.123. The van der Waals surface area contributed by atoms with E-state index in [-0.39, 0.29) is 17.5 Å². The summed E-state index contributed by atoms with van der Waals surface area (Å²) in [5.74, 6) is -0.637. The molecule has 1 aromatic rings. The number of thiocarbonyl (C=S) groups is 1. The molecule has 0 aliphatic rings. The third-order valence-electron chi connectivity index (χ3n) is 1.49. The Morgan fingerprint density at radius 1 is 1.50 bits per heavy atom. The Hall–Kier alpha value is -1.89. The highest BCUT2D eigenvalue weighted by Crippen LogP contribution is 2.11. The third-order valence-corrected chi connectivity index (χ3v) is 1.59. The monoisotopic (exact) mass is 243 g/mol. The number of ether oxygens (including phenoxy) is 1. The number of hydrogen-bond acceptors (Lipinski definition) is 3. The van der Waals surface area contributed by atoms with Gasteiger partial charge in [-0.2, -0.15) is 0 Å². The average Bonchev–Trinajstić information content (AvgIpc) is 2.23. The molecule has 4 N–H and O–H groups in total. The van der Waals surface area contributed by atoms with Crippen LogP contribution in [0.25, 0.3) is 0 Å². The number of carbonyl (C=O) groups is 1. The minimum Gasteiger partial charge on any atom is -0.484 e. The van der Waals surface area contributed by atoms with E-state index in [1.165, 1.54) is 24.3 Å². The number of amides is 1. The van der Waals surface area contributed by atoms with Gasteiger partial charge in [0.2, 0.25) is 0 Å². The van der Waals surface area contributed by atoms with Gasteiger partial charge in [0, 0.05) is 6.07 Å². The molecular weight excluding hydrogens is 233 g/mol. The molecule has 16 heavy (non-hydrogen) atoms. The van der Waals surface area contributed by atoms with Gasteiger partial charge >= 0.3 is 0 Å². The predicted molar refractivity (Wildman–Crippen MR) is 60.0 cm³/mol. The predicted octanol–water partition coefficient (Wildman–Crippen LogP) is 0.0689. The van der Waals surface area contributed by atoms with Crippen molar-refractivity contribution in [2.24, 2.45) is 5.73 Å². The first-order valence-corrected chi connectivity index (χ1v) is 4.71. The van der Waals surface area contributed by atoms with Gasteiger partial charge in [-0.05, 0) is 24.4 Å². The van der Waals surface area contributed by atoms with Crippen LogP contribution in [0.15, 0.2) is 24.3 Å². The zero-order valence-corrected chi connectivity index (χ0v) is 9.01. The molecular formula is C9H10FN3O2S. The van der Waals surface area contributed by atoms with E-state index in [0.29, 0.717) is 0 Å². The second kappa shape index (κ2) is 5.86. The van der Waals surface area contributed by atoms with Crippen LogP contribution in [0.3, 0.4) is 0 Å². The fourth-order valence-corrected chi connectivity index (χ4v) is 0.924. The minimum absolute atomic E-state index is 0.0564. The molecule has 5 nitrogen and oxygen atoms in total. The molecule has 0 heterocycles. The van der Waals surface area contributed by atoms with Crippen molar-refractivity contribution < 1.29 is 13.9 Å². The zero-order chi connectivity index (χ0) is 12.0. The zero-order valence-electron chi connectivity index (χ0n) is 8.20. The summed E-state index contributed by atoms with van der Waals surface area (Å²) in [6.45, 7) is -0.265. The summed E-state index contributed by atoms with van der Waals surface area (Å²) in [5, 5.41) is -0.0564. The van der Waals surface area contributed by atoms with Crippen LogP contribution in [0.1, 0.15) is 0 Å². The molecule has 0 radical (unpaired) electrons. The van der Waals surface area contributed by atoms with Crippen LogP contribution < -0.4 is 21.3 Å². The van der Waals surface area contributed by atoms with E-state index in [9.17, 15) is 9.18 Å². The Balaban J connectivity index is 2.34. The number of carbonyl (C=O) groups excluding carboxylic acids is 1. The largest absolute Gasteiger partial charge is 0.484 e. The highest BCUT2D eigenvalue weighted by Gasteiger charge is 2.02. The first-order valence-electron chi connectivity index (χ1n) is 4.30. The minimum atomic E-state index is -0.475. The summed E-state index contributed by atoms with van der Waals surface area (Å²) in [5.41, 5.74) is 9.52. The van der Waals surface area contributed by atoms with E-state index in [0.717, 1.165) is 0 Å². The number of nitrogens with one attached hydrogen (secondary N) is 2. The summed E-state index contributed by atoms with van der Waals surface area (Å²) >= 11 is 4.47. The van der Waals surface area contributed by atoms with Gasteiger partial charge in [-0.15, -0.1) is 0 Å². The fourth-order valence-electron chi connectivity index (χ4n) is 0.873. The molecule has 0 aliphatic heterocycles. The number of hydrogen-bond donors (Lipinski definition) is 3. The van der Waals surface area contributed by atoms with E-state index in [2.05, 4.69) is 23.1 Å². The molecule has 0 aromatic heterocycles. The maximum atomic E-state index is 12.7. The van der Waals surface area contributed by atoms with Crippen molar-refractivity contribution in [2.45, 2.75) is 0 Å². The van der Waals surface area contributed by atoms with E-state index in [1.807, 2.05) is 0 Å². The summed E-state index contributed by atoms with van der Waals surface area (Å²) in [6.07, 6.45) is 0. The Morgan fingerprint density at radius 3 is 2.88 bits per heavy atom. The van der Waals surface area contributed by atoms with Gasteiger partial charge in [0.15, 0.2) is 11.7 Å². The van der Waals surface area contributed by atoms with Crippen LogP contribution in [-0.2, 0) is 4.79 Å². The maximum Gasteiger partial charge on any atom is 0.276 e. The van der Waals surface area contributed by atoms with Crippen molar-refractivity contribution in [3.8, 4) is 5.75 Å². The van der Waals surface area contributed by atoms with Crippen molar-refractivity contribution in [2.75, 3.05) is 6.61 Å². The summed E-state index contributed by atoms with van der Waals surface area (Å²) in [4.78, 5) is 11.1. The van der Waals surface area contributed by atoms with Crippen molar-refractivity contribution >= 4 is 23.2 Å². The highest BCUT2D eigenvalue weighted by molar-refractivity contribution is 7.80. The first kappa shape index (κ1) is 12.2. The topological polar surface area (TPSA) is 76.4 Å². The summed E-state index contributed by atoms with van der Waals surface area (Å²) in [6, 6.07) is 5.48. The van der Waals surface area contributed by atoms with Crippen LogP contribution in [0.2, 0.25) is 0 Å². The average molecular weight is 243 g/mol. The Kier molecular flexibility index (Phi) is 4.46. The molecule has 1 amide bonds. The molecule has 0 bridgehead atoms. The molecule has 1 aromatic carbocycles. The second-order valence-corrected chi connectivity index (χ2v) is 3.22. The molecule has 0 atom stereocenters. The Morgan fingerprint density at radius 2 is 2.25 bits per heavy atom. The van der Waals surface area contributed by atoms with Crippen molar-refractivity contribution in [3.05, 3.63) is 30.1 Å². The van der Waals surface area contributed by atoms with Gasteiger partial charge in [0.1, 0.15) is 11.6 Å². The molecule has 0 aliphatic carbocycles. The van der Waals surface area contributed by atoms with E-state index in [4.69, 9.17) is 10.5 Å². The van der Waals surface area contributed by atoms with E-state index < -0.39 is 11.7 Å². The van der Waals surface area contributed by atoms with Crippen molar-refractivity contribution in [1.29, 1.82) is 0 Å². The van der Waals surface area contributed by atoms with Gasteiger partial charge < -0.3 is 10.5 Å². The summed E-state index contributed by atoms with van der Waals surface area (Å²) < 4.78 is 17.7. The van der Waals surface area contributed by atoms with Crippen LogP contribution >= 0.6 is 12.2 Å². The normalized spacial score (nSPS) is 9.31. The van der Waals surface area contributed by atoms with Crippen LogP contribution in [0.4, 0.5) is 4.39 Å². The molecule has 1 rings (SSSR count). The SMILES string of the molecule is NC(=S)NNC(=O)COc1cccc(F)c1. The molecule has 0 saturated carbocycles. The summed E-state index contributed by atoms with van der Waals surface area (Å²) in [7, 11) is 0. The third kappa shape index (κ3) is 4.56. The maximum absolute atomic E-state index is 12.7. The van der Waals surface area contributed by atoms with Gasteiger partial charge in [0.25, 0.3) is 5.91 Å². The standard InChI is InChI=1S/C9H10FN3O2S/c10-6-2-1-3-7(4-6)15-5-8(14)12-13-9(11)16/h1-4H,5H2,(H,12,14)(H3,11,13,16). The van der Waals surface area contributed by atoms with Crippen LogP contribution in [0.5, 0.6) is 5.75 Å². The molecule has 0 fully saturated rings. The molecule has 7 heteroatoms. The quantitative estimate of drug-likeness (QED) is 0.517. The number of nitrogens with two attached hydrogens (primary N) is 1. The number of rotatable bonds is 3. The lowest BCUT2D eigenvalue weighted by Crippen LogP contribution is -2.46. The first-order chi connectivity index (χ1) is 7.58. The van der Waals surface area contributed by atoms with E-state index in [1.54, 1.807) is 0 Å². The van der Waals surface area contributed by atoms with Crippen LogP contribution in [0, 0.1) is 5.82 Å². The number of hydrazine groups is 1. The Bertz CT molecular complexity index is 400. The number of halogens is 1. The second-order valence-electron chi connectivity index (χ2n) is 2.78. The molecule has 86 valence electrons. The Labute approximate surface area is 96.7 Å². The van der Waals surface area contributed by atoms with Gasteiger partial charge in [0.05, 0.1) is 0 Å². The molecule has 0 saturated heterocycles. The van der Waals surface area contributed by atoms with Crippen molar-refractivity contribution in [3.63, 3.8) is 0 Å². The van der Waals surface area contributed by atoms with Crippen molar-refractivity contribution in [1.82, 2.24) is 10.9 Å². The van der Waals surface area contributed by atoms with Gasteiger partial charge in [-0.3, -0.25) is 15.6 Å². The smallest absolute Gasteiger partial charge is 0.276 e. The molecule has 0 unspecified atom stereocenters. The fraction of sp³-hybridized carbons (Fsp3) is 0.111. The lowest BCUT2D eigenvalue weighted by Gasteiger charge is -2.07. The van der Waals surface area contributed by atoms with E-state index >= 15 is 0 Å². The highest BCUT2D eigenvalue weighted by atomic mass is 32.1. The van der Waals surface area contributed by atoms with Gasteiger partial charge in [-0.25, -0.2) is 4.39 Å². The van der Waals surface area contributed by atoms with Gasteiger partial charge in [-0.1, -0.05) is 6.07 Å². The number of benzene rings is 1. The lowest BCUT2D eigenvalue weighted by atomic mass is 10.3. The van der Waals surface area contributed by atoms with Crippen LogP contribution in [-0.4, -0.2) is 17.6 Å². The molecule has 0 spiro atoms.